The van der Waals surface area contributed by atoms with Crippen molar-refractivity contribution < 1.29 is 4.79 Å². The van der Waals surface area contributed by atoms with E-state index in [0.717, 1.165) is 5.56 Å². The molecule has 4 heteroatoms. The van der Waals surface area contributed by atoms with Crippen molar-refractivity contribution in [3.63, 3.8) is 0 Å². The monoisotopic (exact) mass is 254 g/mol. The van der Waals surface area contributed by atoms with E-state index in [4.69, 9.17) is 5.73 Å². The highest BCUT2D eigenvalue weighted by Gasteiger charge is 2.31. The van der Waals surface area contributed by atoms with Crippen LogP contribution in [0.4, 0.5) is 0 Å². The first-order valence-corrected chi connectivity index (χ1v) is 5.83. The third-order valence-electron chi connectivity index (χ3n) is 3.00. The third-order valence-corrected chi connectivity index (χ3v) is 3.00. The number of halogens is 1. The predicted molar refractivity (Wildman–Crippen MR) is 71.1 cm³/mol. The summed E-state index contributed by atoms with van der Waals surface area (Å²) in [6.07, 6.45) is 2.85. The molecule has 0 radical (unpaired) electrons. The van der Waals surface area contributed by atoms with Crippen LogP contribution < -0.4 is 11.1 Å². The number of hydrogen-bond donors (Lipinski definition) is 2. The lowest BCUT2D eigenvalue weighted by Crippen LogP contribution is -2.42. The molecule has 0 bridgehead atoms. The summed E-state index contributed by atoms with van der Waals surface area (Å²) in [6, 6.07) is 9.96. The van der Waals surface area contributed by atoms with Crippen LogP contribution in [0.2, 0.25) is 0 Å². The minimum Gasteiger partial charge on any atom is -0.352 e. The van der Waals surface area contributed by atoms with Crippen molar-refractivity contribution in [2.24, 2.45) is 11.7 Å². The lowest BCUT2D eigenvalue weighted by Gasteiger charge is -2.15. The van der Waals surface area contributed by atoms with Crippen LogP contribution in [0.1, 0.15) is 18.4 Å². The Morgan fingerprint density at radius 3 is 2.53 bits per heavy atom. The van der Waals surface area contributed by atoms with Crippen molar-refractivity contribution in [3.05, 3.63) is 35.9 Å². The molecule has 1 fully saturated rings. The SMILES string of the molecule is Cl.NCC(NC(=O)Cc1ccccc1)C1CC1. The number of nitrogens with one attached hydrogen (secondary N) is 1. The zero-order chi connectivity index (χ0) is 11.4. The number of benzene rings is 1. The van der Waals surface area contributed by atoms with Crippen LogP contribution in [0, 0.1) is 5.92 Å². The number of hydrogen-bond acceptors (Lipinski definition) is 2. The molecule has 1 aliphatic carbocycles. The molecule has 3 nitrogen and oxygen atoms in total. The summed E-state index contributed by atoms with van der Waals surface area (Å²) in [5.41, 5.74) is 6.69. The molecule has 1 amide bonds. The first-order valence-electron chi connectivity index (χ1n) is 5.83. The van der Waals surface area contributed by atoms with Crippen LogP contribution in [0.25, 0.3) is 0 Å². The molecule has 2 rings (SSSR count). The molecule has 1 aromatic rings. The van der Waals surface area contributed by atoms with Gasteiger partial charge >= 0.3 is 0 Å². The fourth-order valence-corrected chi connectivity index (χ4v) is 1.91. The second kappa shape index (κ2) is 6.62. The summed E-state index contributed by atoms with van der Waals surface area (Å²) >= 11 is 0. The maximum absolute atomic E-state index is 11.7. The summed E-state index contributed by atoms with van der Waals surface area (Å²) in [7, 11) is 0. The second-order valence-corrected chi connectivity index (χ2v) is 4.41. The summed E-state index contributed by atoms with van der Waals surface area (Å²) in [6.45, 7) is 0.547. The lowest BCUT2D eigenvalue weighted by molar-refractivity contribution is -0.121. The molecule has 1 aromatic carbocycles. The molecule has 0 aliphatic heterocycles. The normalized spacial score (nSPS) is 15.8. The third kappa shape index (κ3) is 4.36. The smallest absolute Gasteiger partial charge is 0.224 e. The molecule has 0 saturated heterocycles. The van der Waals surface area contributed by atoms with Gasteiger partial charge in [-0.05, 0) is 24.3 Å². The van der Waals surface area contributed by atoms with Gasteiger partial charge in [-0.2, -0.15) is 0 Å². The van der Waals surface area contributed by atoms with E-state index in [9.17, 15) is 4.79 Å². The van der Waals surface area contributed by atoms with Crippen LogP contribution in [-0.4, -0.2) is 18.5 Å². The van der Waals surface area contributed by atoms with Gasteiger partial charge in [0, 0.05) is 12.6 Å². The van der Waals surface area contributed by atoms with Gasteiger partial charge in [0.1, 0.15) is 0 Å². The molecule has 0 aromatic heterocycles. The van der Waals surface area contributed by atoms with Crippen LogP contribution in [-0.2, 0) is 11.2 Å². The molecule has 1 aliphatic rings. The zero-order valence-electron chi connectivity index (χ0n) is 9.76. The number of carbonyl (C=O) groups is 1. The van der Waals surface area contributed by atoms with Crippen molar-refractivity contribution in [1.82, 2.24) is 5.32 Å². The van der Waals surface area contributed by atoms with E-state index in [-0.39, 0.29) is 24.4 Å². The second-order valence-electron chi connectivity index (χ2n) is 4.41. The number of amides is 1. The van der Waals surface area contributed by atoms with Crippen LogP contribution in [0.3, 0.4) is 0 Å². The van der Waals surface area contributed by atoms with Gasteiger partial charge in [-0.1, -0.05) is 30.3 Å². The fraction of sp³-hybridized carbons (Fsp3) is 0.462. The maximum atomic E-state index is 11.7. The van der Waals surface area contributed by atoms with Crippen molar-refractivity contribution in [3.8, 4) is 0 Å². The minimum atomic E-state index is 0. The highest BCUT2D eigenvalue weighted by Crippen LogP contribution is 2.32. The molecular weight excluding hydrogens is 236 g/mol. The Morgan fingerprint density at radius 1 is 1.35 bits per heavy atom. The molecule has 1 atom stereocenters. The summed E-state index contributed by atoms with van der Waals surface area (Å²) < 4.78 is 0. The van der Waals surface area contributed by atoms with Gasteiger partial charge in [0.15, 0.2) is 0 Å². The van der Waals surface area contributed by atoms with Crippen LogP contribution in [0.15, 0.2) is 30.3 Å². The van der Waals surface area contributed by atoms with E-state index in [0.29, 0.717) is 18.9 Å². The zero-order valence-corrected chi connectivity index (χ0v) is 10.6. The topological polar surface area (TPSA) is 55.1 Å². The van der Waals surface area contributed by atoms with Crippen molar-refractivity contribution in [2.45, 2.75) is 25.3 Å². The van der Waals surface area contributed by atoms with E-state index < -0.39 is 0 Å². The van der Waals surface area contributed by atoms with E-state index in [2.05, 4.69) is 5.32 Å². The largest absolute Gasteiger partial charge is 0.352 e. The van der Waals surface area contributed by atoms with Crippen LogP contribution in [0.5, 0.6) is 0 Å². The van der Waals surface area contributed by atoms with E-state index in [1.54, 1.807) is 0 Å². The molecule has 1 saturated carbocycles. The van der Waals surface area contributed by atoms with Gasteiger partial charge in [-0.15, -0.1) is 12.4 Å². The van der Waals surface area contributed by atoms with Gasteiger partial charge in [-0.25, -0.2) is 0 Å². The molecule has 0 spiro atoms. The van der Waals surface area contributed by atoms with E-state index in [1.807, 2.05) is 30.3 Å². The average Bonchev–Trinajstić information content (AvgIpc) is 3.11. The highest BCUT2D eigenvalue weighted by molar-refractivity contribution is 5.85. The Morgan fingerprint density at radius 2 is 2.00 bits per heavy atom. The van der Waals surface area contributed by atoms with Crippen LogP contribution >= 0.6 is 12.4 Å². The van der Waals surface area contributed by atoms with Gasteiger partial charge in [-0.3, -0.25) is 4.79 Å². The summed E-state index contributed by atoms with van der Waals surface area (Å²) in [5, 5.41) is 3.01. The van der Waals surface area contributed by atoms with Crippen molar-refractivity contribution >= 4 is 18.3 Å². The van der Waals surface area contributed by atoms with Gasteiger partial charge in [0.25, 0.3) is 0 Å². The van der Waals surface area contributed by atoms with E-state index >= 15 is 0 Å². The minimum absolute atomic E-state index is 0. The Balaban J connectivity index is 0.00000144. The Bertz CT molecular complexity index is 352. The fourth-order valence-electron chi connectivity index (χ4n) is 1.91. The number of carbonyl (C=O) groups excluding carboxylic acids is 1. The Hall–Kier alpha value is -1.06. The molecular formula is C13H19ClN2O. The lowest BCUT2D eigenvalue weighted by atomic mass is 10.1. The molecule has 3 N–H and O–H groups in total. The first-order chi connectivity index (χ1) is 7.79. The quantitative estimate of drug-likeness (QED) is 0.837. The van der Waals surface area contributed by atoms with E-state index in [1.165, 1.54) is 12.8 Å². The van der Waals surface area contributed by atoms with Crippen molar-refractivity contribution in [1.29, 1.82) is 0 Å². The number of rotatable bonds is 5. The first kappa shape index (κ1) is 14.0. The van der Waals surface area contributed by atoms with Gasteiger partial charge in [0.05, 0.1) is 6.42 Å². The molecule has 0 heterocycles. The van der Waals surface area contributed by atoms with Gasteiger partial charge < -0.3 is 11.1 Å². The standard InChI is InChI=1S/C13H18N2O.ClH/c14-9-12(11-6-7-11)15-13(16)8-10-4-2-1-3-5-10;/h1-5,11-12H,6-9,14H2,(H,15,16);1H. The van der Waals surface area contributed by atoms with Gasteiger partial charge in [0.2, 0.25) is 5.91 Å². The Labute approximate surface area is 108 Å². The highest BCUT2D eigenvalue weighted by atomic mass is 35.5. The predicted octanol–water partition coefficient (Wildman–Crippen LogP) is 1.50. The van der Waals surface area contributed by atoms with Crippen molar-refractivity contribution in [2.75, 3.05) is 6.54 Å². The molecule has 1 unspecified atom stereocenters. The summed E-state index contributed by atoms with van der Waals surface area (Å²) in [5.74, 6) is 0.693. The molecule has 17 heavy (non-hydrogen) atoms. The average molecular weight is 255 g/mol. The number of nitrogens with two attached hydrogens (primary N) is 1. The summed E-state index contributed by atoms with van der Waals surface area (Å²) in [4.78, 5) is 11.7. The Kier molecular flexibility index (Phi) is 5.45. The maximum Gasteiger partial charge on any atom is 0.224 e. The molecule has 94 valence electrons.